The minimum absolute atomic E-state index is 0.423. The molecule has 0 bridgehead atoms. The Balaban J connectivity index is 2.33. The zero-order valence-electron chi connectivity index (χ0n) is 9.93. The molecule has 0 fully saturated rings. The van der Waals surface area contributed by atoms with E-state index in [-0.39, 0.29) is 0 Å². The van der Waals surface area contributed by atoms with Gasteiger partial charge in [0.25, 0.3) is 10.2 Å². The van der Waals surface area contributed by atoms with Crippen molar-refractivity contribution >= 4 is 21.5 Å². The first-order chi connectivity index (χ1) is 8.06. The molecule has 0 spiro atoms. The predicted molar refractivity (Wildman–Crippen MR) is 71.2 cm³/mol. The van der Waals surface area contributed by atoms with Crippen LogP contribution in [0.25, 0.3) is 0 Å². The summed E-state index contributed by atoms with van der Waals surface area (Å²) in [4.78, 5) is 0. The van der Waals surface area contributed by atoms with Crippen LogP contribution in [-0.4, -0.2) is 39.4 Å². The molecule has 0 aliphatic rings. The second-order valence-corrected chi connectivity index (χ2v) is 6.39. The van der Waals surface area contributed by atoms with Gasteiger partial charge in [-0.3, -0.25) is 0 Å². The smallest absolute Gasteiger partial charge is 0.279 e. The molecule has 5 nitrogen and oxygen atoms in total. The molecule has 0 aliphatic heterocycles. The van der Waals surface area contributed by atoms with Gasteiger partial charge < -0.3 is 5.73 Å². The number of nitrogens with one attached hydrogen (secondary N) is 1. The molecule has 0 aliphatic carbocycles. The minimum Gasteiger partial charge on any atom is -0.330 e. The van der Waals surface area contributed by atoms with E-state index in [1.807, 2.05) is 16.8 Å². The number of hydrogen-bond donors (Lipinski definition) is 2. The molecule has 7 heteroatoms. The van der Waals surface area contributed by atoms with Crippen LogP contribution in [0.4, 0.5) is 0 Å². The molecule has 1 rings (SSSR count). The average molecular weight is 277 g/mol. The van der Waals surface area contributed by atoms with Crippen LogP contribution in [0, 0.1) is 0 Å². The van der Waals surface area contributed by atoms with Gasteiger partial charge in [0.15, 0.2) is 0 Å². The summed E-state index contributed by atoms with van der Waals surface area (Å²) in [6.45, 7) is 1.37. The van der Waals surface area contributed by atoms with Crippen LogP contribution < -0.4 is 10.5 Å². The molecule has 1 aromatic heterocycles. The third kappa shape index (κ3) is 5.13. The maximum Gasteiger partial charge on any atom is 0.279 e. The van der Waals surface area contributed by atoms with Crippen LogP contribution in [-0.2, 0) is 16.6 Å². The van der Waals surface area contributed by atoms with Crippen molar-refractivity contribution in [2.24, 2.45) is 5.73 Å². The van der Waals surface area contributed by atoms with E-state index in [0.29, 0.717) is 32.5 Å². The molecule has 0 radical (unpaired) electrons. The standard InChI is InChI=1S/C10H19N3O2S2/c1-13(7-2-5-11)17(14,15)12-6-3-10-4-8-16-9-10/h4,8-9,12H,2-3,5-7,11H2,1H3. The summed E-state index contributed by atoms with van der Waals surface area (Å²) in [7, 11) is -1.80. The lowest BCUT2D eigenvalue weighted by molar-refractivity contribution is 0.453. The maximum atomic E-state index is 11.7. The third-order valence-electron chi connectivity index (χ3n) is 2.37. The molecule has 0 saturated heterocycles. The minimum atomic E-state index is -3.35. The van der Waals surface area contributed by atoms with Gasteiger partial charge >= 0.3 is 0 Å². The van der Waals surface area contributed by atoms with Gasteiger partial charge in [-0.2, -0.15) is 24.1 Å². The van der Waals surface area contributed by atoms with Gasteiger partial charge in [0.1, 0.15) is 0 Å². The Morgan fingerprint density at radius 3 is 2.88 bits per heavy atom. The summed E-state index contributed by atoms with van der Waals surface area (Å²) in [6, 6.07) is 2.00. The highest BCUT2D eigenvalue weighted by molar-refractivity contribution is 7.87. The molecule has 1 heterocycles. The van der Waals surface area contributed by atoms with Crippen LogP contribution in [0.1, 0.15) is 12.0 Å². The van der Waals surface area contributed by atoms with Crippen molar-refractivity contribution in [3.05, 3.63) is 22.4 Å². The van der Waals surface area contributed by atoms with Crippen molar-refractivity contribution in [3.8, 4) is 0 Å². The Bertz CT molecular complexity index is 403. The van der Waals surface area contributed by atoms with E-state index < -0.39 is 10.2 Å². The zero-order chi connectivity index (χ0) is 12.7. The molecule has 3 N–H and O–H groups in total. The van der Waals surface area contributed by atoms with E-state index in [2.05, 4.69) is 4.72 Å². The van der Waals surface area contributed by atoms with Crippen LogP contribution in [0.15, 0.2) is 16.8 Å². The fraction of sp³-hybridized carbons (Fsp3) is 0.600. The Labute approximate surface area is 107 Å². The van der Waals surface area contributed by atoms with Crippen molar-refractivity contribution in [2.45, 2.75) is 12.8 Å². The van der Waals surface area contributed by atoms with E-state index in [0.717, 1.165) is 5.56 Å². The maximum absolute atomic E-state index is 11.7. The molecule has 0 atom stereocenters. The van der Waals surface area contributed by atoms with Crippen molar-refractivity contribution in [1.29, 1.82) is 0 Å². The Morgan fingerprint density at radius 2 is 2.29 bits per heavy atom. The molecule has 0 amide bonds. The van der Waals surface area contributed by atoms with E-state index in [1.165, 1.54) is 4.31 Å². The molecular formula is C10H19N3O2S2. The van der Waals surface area contributed by atoms with Gasteiger partial charge in [-0.05, 0) is 41.8 Å². The molecular weight excluding hydrogens is 258 g/mol. The number of hydrogen-bond acceptors (Lipinski definition) is 4. The molecule has 17 heavy (non-hydrogen) atoms. The second-order valence-electron chi connectivity index (χ2n) is 3.74. The SMILES string of the molecule is CN(CCCN)S(=O)(=O)NCCc1ccsc1. The van der Waals surface area contributed by atoms with Gasteiger partial charge in [0.05, 0.1) is 0 Å². The first kappa shape index (κ1) is 14.6. The fourth-order valence-electron chi connectivity index (χ4n) is 1.30. The summed E-state index contributed by atoms with van der Waals surface area (Å²) < 4.78 is 27.3. The number of rotatable bonds is 8. The van der Waals surface area contributed by atoms with Crippen molar-refractivity contribution in [2.75, 3.05) is 26.7 Å². The van der Waals surface area contributed by atoms with E-state index in [1.54, 1.807) is 18.4 Å². The summed E-state index contributed by atoms with van der Waals surface area (Å²) in [5.41, 5.74) is 6.50. The first-order valence-electron chi connectivity index (χ1n) is 5.48. The summed E-state index contributed by atoms with van der Waals surface area (Å²) in [5.74, 6) is 0. The summed E-state index contributed by atoms with van der Waals surface area (Å²) in [5, 5.41) is 4.00. The molecule has 0 saturated carbocycles. The highest BCUT2D eigenvalue weighted by Crippen LogP contribution is 2.06. The molecule has 0 unspecified atom stereocenters. The zero-order valence-corrected chi connectivity index (χ0v) is 11.6. The van der Waals surface area contributed by atoms with Gasteiger partial charge in [0, 0.05) is 20.1 Å². The van der Waals surface area contributed by atoms with Crippen molar-refractivity contribution < 1.29 is 8.42 Å². The largest absolute Gasteiger partial charge is 0.330 e. The lowest BCUT2D eigenvalue weighted by atomic mass is 10.2. The number of nitrogens with zero attached hydrogens (tertiary/aromatic N) is 1. The van der Waals surface area contributed by atoms with Crippen LogP contribution >= 0.6 is 11.3 Å². The van der Waals surface area contributed by atoms with Crippen molar-refractivity contribution in [1.82, 2.24) is 9.03 Å². The quantitative estimate of drug-likeness (QED) is 0.722. The van der Waals surface area contributed by atoms with Crippen LogP contribution in [0.5, 0.6) is 0 Å². The third-order valence-corrected chi connectivity index (χ3v) is 4.67. The lowest BCUT2D eigenvalue weighted by Gasteiger charge is -2.17. The second kappa shape index (κ2) is 7.07. The Morgan fingerprint density at radius 1 is 1.53 bits per heavy atom. The Kier molecular flexibility index (Phi) is 6.07. The van der Waals surface area contributed by atoms with Crippen molar-refractivity contribution in [3.63, 3.8) is 0 Å². The van der Waals surface area contributed by atoms with Gasteiger partial charge in [-0.15, -0.1) is 0 Å². The first-order valence-corrected chi connectivity index (χ1v) is 7.86. The fourth-order valence-corrected chi connectivity index (χ4v) is 2.96. The van der Waals surface area contributed by atoms with E-state index >= 15 is 0 Å². The van der Waals surface area contributed by atoms with Gasteiger partial charge in [0.2, 0.25) is 0 Å². The number of thiophene rings is 1. The van der Waals surface area contributed by atoms with E-state index in [4.69, 9.17) is 5.73 Å². The Hall–Kier alpha value is -0.470. The van der Waals surface area contributed by atoms with Crippen LogP contribution in [0.3, 0.4) is 0 Å². The highest BCUT2D eigenvalue weighted by atomic mass is 32.2. The number of nitrogens with two attached hydrogens (primary N) is 1. The monoisotopic (exact) mass is 277 g/mol. The topological polar surface area (TPSA) is 75.4 Å². The highest BCUT2D eigenvalue weighted by Gasteiger charge is 2.15. The molecule has 0 aromatic carbocycles. The summed E-state index contributed by atoms with van der Waals surface area (Å²) in [6.07, 6.45) is 1.38. The normalized spacial score (nSPS) is 12.2. The lowest BCUT2D eigenvalue weighted by Crippen LogP contribution is -2.40. The van der Waals surface area contributed by atoms with E-state index in [9.17, 15) is 8.42 Å². The predicted octanol–water partition coefficient (Wildman–Crippen LogP) is 0.406. The van der Waals surface area contributed by atoms with Gasteiger partial charge in [-0.1, -0.05) is 0 Å². The molecule has 1 aromatic rings. The van der Waals surface area contributed by atoms with Gasteiger partial charge in [-0.25, -0.2) is 4.72 Å². The summed E-state index contributed by atoms with van der Waals surface area (Å²) >= 11 is 1.61. The van der Waals surface area contributed by atoms with Crippen LogP contribution in [0.2, 0.25) is 0 Å². The average Bonchev–Trinajstić information content (AvgIpc) is 2.78. The molecule has 98 valence electrons.